The van der Waals surface area contributed by atoms with E-state index in [1.165, 1.54) is 25.4 Å². The number of ether oxygens (including phenoxy) is 3. The number of piperazine rings is 1. The molecule has 18 nitrogen and oxygen atoms in total. The van der Waals surface area contributed by atoms with E-state index in [0.717, 1.165) is 19.3 Å². The first kappa shape index (κ1) is 40.5. The molecule has 2 aliphatic heterocycles. The van der Waals surface area contributed by atoms with Gasteiger partial charge in [0.1, 0.15) is 12.1 Å². The number of para-hydroxylation sites is 1. The molecule has 1 saturated carbocycles. The van der Waals surface area contributed by atoms with Crippen LogP contribution in [0.3, 0.4) is 0 Å². The van der Waals surface area contributed by atoms with Gasteiger partial charge < -0.3 is 44.7 Å². The van der Waals surface area contributed by atoms with Gasteiger partial charge in [-0.2, -0.15) is 5.10 Å². The first-order valence-corrected chi connectivity index (χ1v) is 18.5. The van der Waals surface area contributed by atoms with Gasteiger partial charge in [-0.25, -0.2) is 9.48 Å². The van der Waals surface area contributed by atoms with Gasteiger partial charge in [-0.3, -0.25) is 28.8 Å². The predicted molar refractivity (Wildman–Crippen MR) is 193 cm³/mol. The maximum atomic E-state index is 13.8. The van der Waals surface area contributed by atoms with Crippen molar-refractivity contribution in [1.29, 1.82) is 0 Å². The number of aromatic nitrogens is 2. The predicted octanol–water partition coefficient (Wildman–Crippen LogP) is 1.70. The van der Waals surface area contributed by atoms with Crippen LogP contribution >= 0.6 is 0 Å². The third kappa shape index (κ3) is 10.7. The number of likely N-dealkylation sites (tertiary alicyclic amines) is 1. The lowest BCUT2D eigenvalue weighted by Gasteiger charge is -2.35. The zero-order chi connectivity index (χ0) is 39.7. The third-order valence-electron chi connectivity index (χ3n) is 9.71. The highest BCUT2D eigenvalue weighted by Gasteiger charge is 2.36. The fourth-order valence-electron chi connectivity index (χ4n) is 6.27. The van der Waals surface area contributed by atoms with E-state index in [1.807, 2.05) is 0 Å². The molecule has 3 aliphatic rings. The van der Waals surface area contributed by atoms with Gasteiger partial charge in [0.15, 0.2) is 12.3 Å². The van der Waals surface area contributed by atoms with Crippen molar-refractivity contribution in [3.63, 3.8) is 0 Å². The van der Waals surface area contributed by atoms with Crippen LogP contribution in [0, 0.1) is 5.41 Å². The number of hydrogen-bond acceptors (Lipinski definition) is 11. The molecule has 5 amide bonds. The molecular formula is C37H49N7O11. The minimum atomic E-state index is -1.25. The molecule has 2 aromatic rings. The Hall–Kier alpha value is -5.68. The zero-order valence-electron chi connectivity index (χ0n) is 31.4. The Kier molecular flexibility index (Phi) is 13.3. The number of amides is 5. The van der Waals surface area contributed by atoms with Crippen LogP contribution in [0.4, 0.5) is 4.79 Å². The quantitative estimate of drug-likeness (QED) is 0.185. The van der Waals surface area contributed by atoms with Crippen molar-refractivity contribution in [3.8, 4) is 11.6 Å². The van der Waals surface area contributed by atoms with Gasteiger partial charge in [0.05, 0.1) is 11.1 Å². The molecular weight excluding hydrogens is 718 g/mol. The van der Waals surface area contributed by atoms with E-state index in [-0.39, 0.29) is 62.5 Å². The monoisotopic (exact) mass is 767 g/mol. The second-order valence-electron chi connectivity index (χ2n) is 14.8. The van der Waals surface area contributed by atoms with Crippen molar-refractivity contribution in [3.05, 3.63) is 42.1 Å². The largest absolute Gasteiger partial charge is 0.467 e. The Labute approximate surface area is 318 Å². The molecule has 0 spiro atoms. The molecule has 298 valence electrons. The molecule has 18 heteroatoms. The molecule has 0 bridgehead atoms. The van der Waals surface area contributed by atoms with Crippen LogP contribution in [-0.2, 0) is 33.4 Å². The van der Waals surface area contributed by atoms with E-state index in [9.17, 15) is 38.7 Å². The molecule has 0 unspecified atom stereocenters. The molecule has 3 fully saturated rings. The highest BCUT2D eigenvalue weighted by Crippen LogP contribution is 2.24. The normalized spacial score (nSPS) is 17.8. The number of nitrogens with zero attached hydrogens (tertiary/aromatic N) is 5. The summed E-state index contributed by atoms with van der Waals surface area (Å²) < 4.78 is 17.3. The number of carbonyl (C=O) groups excluding carboxylic acids is 6. The Morgan fingerprint density at radius 2 is 1.60 bits per heavy atom. The highest BCUT2D eigenvalue weighted by molar-refractivity contribution is 5.96. The van der Waals surface area contributed by atoms with Gasteiger partial charge >= 0.3 is 18.0 Å². The van der Waals surface area contributed by atoms with E-state index < -0.39 is 66.7 Å². The number of carbonyl (C=O) groups is 7. The first-order valence-electron chi connectivity index (χ1n) is 18.5. The summed E-state index contributed by atoms with van der Waals surface area (Å²) in [7, 11) is 0. The Balaban J connectivity index is 1.28. The number of rotatable bonds is 14. The molecule has 2 saturated heterocycles. The van der Waals surface area contributed by atoms with Gasteiger partial charge in [0.25, 0.3) is 11.8 Å². The molecule has 3 N–H and O–H groups in total. The van der Waals surface area contributed by atoms with Crippen LogP contribution in [0.1, 0.15) is 76.2 Å². The fourth-order valence-corrected chi connectivity index (χ4v) is 6.27. The third-order valence-corrected chi connectivity index (χ3v) is 9.71. The molecule has 1 aromatic carbocycles. The Morgan fingerprint density at radius 3 is 2.24 bits per heavy atom. The van der Waals surface area contributed by atoms with E-state index in [2.05, 4.69) is 15.7 Å². The summed E-state index contributed by atoms with van der Waals surface area (Å²) in [5.74, 6) is -3.19. The lowest BCUT2D eigenvalue weighted by atomic mass is 9.93. The van der Waals surface area contributed by atoms with Gasteiger partial charge in [-0.15, -0.1) is 0 Å². The number of benzene rings is 1. The molecule has 55 heavy (non-hydrogen) atoms. The van der Waals surface area contributed by atoms with E-state index in [4.69, 9.17) is 14.2 Å². The Morgan fingerprint density at radius 1 is 0.909 bits per heavy atom. The summed E-state index contributed by atoms with van der Waals surface area (Å²) >= 11 is 0. The van der Waals surface area contributed by atoms with Crippen molar-refractivity contribution in [2.75, 3.05) is 46.1 Å². The first-order chi connectivity index (χ1) is 26.2. The average molecular weight is 768 g/mol. The maximum Gasteiger partial charge on any atom is 0.407 e. The maximum absolute atomic E-state index is 13.8. The fraction of sp³-hybridized carbons (Fsp3) is 0.568. The summed E-state index contributed by atoms with van der Waals surface area (Å²) in [6.07, 6.45) is 2.51. The van der Waals surface area contributed by atoms with Crippen molar-refractivity contribution in [2.45, 2.75) is 83.8 Å². The molecule has 1 aliphatic carbocycles. The summed E-state index contributed by atoms with van der Waals surface area (Å²) in [6, 6.07) is 8.36. The van der Waals surface area contributed by atoms with Crippen LogP contribution in [0.15, 0.2) is 36.4 Å². The number of hydrogen-bond donors (Lipinski definition) is 3. The standard InChI is InChI=1S/C37H49N7O11/c1-37(2,3)35(50)55-23-54-31(46)15-14-26(34(49)41-17-19-42(20-18-41)36(51)52)39-32(47)27-21-30(44(40-27)25-11-5-4-6-12-25)53-22-29(45)43-16-8-13-28(43)33(48)38-24-9-7-10-24/h4-6,11-12,21,24,26,28H,7-10,13-20,22-23H2,1-3H3,(H,38,48)(H,39,47)(H,51,52)/t26-,28-/m0/s1. The van der Waals surface area contributed by atoms with Gasteiger partial charge in [-0.1, -0.05) is 18.2 Å². The molecule has 3 heterocycles. The van der Waals surface area contributed by atoms with E-state index >= 15 is 0 Å². The molecule has 2 atom stereocenters. The number of nitrogens with one attached hydrogen (secondary N) is 2. The van der Waals surface area contributed by atoms with Crippen LogP contribution in [-0.4, -0.2) is 135 Å². The minimum absolute atomic E-state index is 0.0559. The van der Waals surface area contributed by atoms with Crippen molar-refractivity contribution < 1.29 is 52.9 Å². The lowest BCUT2D eigenvalue weighted by molar-refractivity contribution is -0.173. The van der Waals surface area contributed by atoms with E-state index in [1.54, 1.807) is 51.1 Å². The summed E-state index contributed by atoms with van der Waals surface area (Å²) in [6.45, 7) is 4.56. The Bertz CT molecular complexity index is 1730. The molecule has 1 aromatic heterocycles. The van der Waals surface area contributed by atoms with Gasteiger partial charge in [0, 0.05) is 51.3 Å². The zero-order valence-corrected chi connectivity index (χ0v) is 31.4. The van der Waals surface area contributed by atoms with Crippen molar-refractivity contribution >= 4 is 41.7 Å². The average Bonchev–Trinajstić information content (AvgIpc) is 3.82. The SMILES string of the molecule is CC(C)(C)C(=O)OCOC(=O)CC[C@H](NC(=O)c1cc(OCC(=O)N2CCC[C@H]2C(=O)NC2CCC2)n(-c2ccccc2)n1)C(=O)N1CCN(C(=O)O)CC1. The number of esters is 2. The summed E-state index contributed by atoms with van der Waals surface area (Å²) in [5, 5.41) is 19.4. The van der Waals surface area contributed by atoms with Crippen LogP contribution in [0.2, 0.25) is 0 Å². The van der Waals surface area contributed by atoms with Crippen molar-refractivity contribution in [1.82, 2.24) is 35.1 Å². The van der Waals surface area contributed by atoms with Crippen LogP contribution in [0.5, 0.6) is 5.88 Å². The van der Waals surface area contributed by atoms with Gasteiger partial charge in [0.2, 0.25) is 24.5 Å². The molecule has 5 rings (SSSR count). The second kappa shape index (κ2) is 18.1. The second-order valence-corrected chi connectivity index (χ2v) is 14.8. The highest BCUT2D eigenvalue weighted by atomic mass is 16.7. The summed E-state index contributed by atoms with van der Waals surface area (Å²) in [5.41, 5.74) is -0.451. The van der Waals surface area contributed by atoms with Crippen LogP contribution < -0.4 is 15.4 Å². The van der Waals surface area contributed by atoms with E-state index in [0.29, 0.717) is 25.1 Å². The van der Waals surface area contributed by atoms with Gasteiger partial charge in [-0.05, 0) is 71.4 Å². The smallest absolute Gasteiger partial charge is 0.407 e. The number of carboxylic acid groups (broad SMARTS) is 1. The summed E-state index contributed by atoms with van der Waals surface area (Å²) in [4.78, 5) is 93.9. The van der Waals surface area contributed by atoms with Crippen molar-refractivity contribution in [2.24, 2.45) is 5.41 Å². The topological polar surface area (TPSA) is 219 Å². The minimum Gasteiger partial charge on any atom is -0.467 e. The molecule has 0 radical (unpaired) electrons. The lowest BCUT2D eigenvalue weighted by Crippen LogP contribution is -2.55. The van der Waals surface area contributed by atoms with Crippen LogP contribution in [0.25, 0.3) is 5.69 Å².